The van der Waals surface area contributed by atoms with Crippen LogP contribution in [0.3, 0.4) is 0 Å². The molecule has 0 radical (unpaired) electrons. The number of aromatic nitrogens is 4. The fourth-order valence-electron chi connectivity index (χ4n) is 1.36. The Balaban J connectivity index is 1.98. The topological polar surface area (TPSA) is 73.7 Å². The summed E-state index contributed by atoms with van der Waals surface area (Å²) in [5.74, 6) is 5.18. The Kier molecular flexibility index (Phi) is 3.11. The summed E-state index contributed by atoms with van der Waals surface area (Å²) in [6.45, 7) is 1.65. The van der Waals surface area contributed by atoms with Crippen LogP contribution in [0.4, 0.5) is 0 Å². The van der Waals surface area contributed by atoms with Crippen LogP contribution in [0.2, 0.25) is 0 Å². The second kappa shape index (κ2) is 4.72. The van der Waals surface area contributed by atoms with Gasteiger partial charge >= 0.3 is 0 Å². The molecule has 2 rings (SSSR count). The Labute approximate surface area is 87.7 Å². The van der Waals surface area contributed by atoms with Gasteiger partial charge in [0.2, 0.25) is 0 Å². The molecule has 0 saturated heterocycles. The average molecular weight is 206 g/mol. The molecule has 0 aliphatic heterocycles. The molecule has 6 heteroatoms. The van der Waals surface area contributed by atoms with Gasteiger partial charge in [0.1, 0.15) is 0 Å². The number of hydrazine groups is 1. The molecule has 0 aliphatic carbocycles. The summed E-state index contributed by atoms with van der Waals surface area (Å²) in [5, 5.41) is 4.24. The van der Waals surface area contributed by atoms with Crippen molar-refractivity contribution in [2.75, 3.05) is 6.54 Å². The van der Waals surface area contributed by atoms with E-state index in [1.165, 1.54) is 0 Å². The van der Waals surface area contributed by atoms with E-state index in [2.05, 4.69) is 15.5 Å². The van der Waals surface area contributed by atoms with E-state index in [4.69, 9.17) is 5.84 Å². The minimum Gasteiger partial charge on any atom is -0.303 e. The van der Waals surface area contributed by atoms with Gasteiger partial charge in [0, 0.05) is 31.7 Å². The molecule has 2 aromatic rings. The minimum atomic E-state index is 0.792. The molecule has 0 aromatic carbocycles. The highest BCUT2D eigenvalue weighted by Crippen LogP contribution is 2.04. The lowest BCUT2D eigenvalue weighted by molar-refractivity contribution is 0.551. The number of hydrogen-bond acceptors (Lipinski definition) is 4. The van der Waals surface area contributed by atoms with Gasteiger partial charge < -0.3 is 4.57 Å². The summed E-state index contributed by atoms with van der Waals surface area (Å²) < 4.78 is 3.82. The summed E-state index contributed by atoms with van der Waals surface area (Å²) in [4.78, 5) is 3.98. The Morgan fingerprint density at radius 1 is 1.47 bits per heavy atom. The molecule has 2 heterocycles. The van der Waals surface area contributed by atoms with Crippen molar-refractivity contribution in [1.29, 1.82) is 0 Å². The van der Waals surface area contributed by atoms with Gasteiger partial charge in [0.25, 0.3) is 0 Å². The lowest BCUT2D eigenvalue weighted by Gasteiger charge is -2.00. The normalized spacial score (nSPS) is 10.7. The van der Waals surface area contributed by atoms with Gasteiger partial charge in [0.15, 0.2) is 0 Å². The largest absolute Gasteiger partial charge is 0.303 e. The molecule has 2 aromatic heterocycles. The van der Waals surface area contributed by atoms with E-state index in [1.54, 1.807) is 12.5 Å². The number of hydrogen-bond donors (Lipinski definition) is 2. The Morgan fingerprint density at radius 2 is 2.40 bits per heavy atom. The Hall–Kier alpha value is -1.66. The van der Waals surface area contributed by atoms with Gasteiger partial charge in [-0.1, -0.05) is 0 Å². The third-order valence-electron chi connectivity index (χ3n) is 2.13. The molecule has 0 atom stereocenters. The minimum absolute atomic E-state index is 0.792. The lowest BCUT2D eigenvalue weighted by atomic mass is 10.4. The predicted molar refractivity (Wildman–Crippen MR) is 56.2 cm³/mol. The second-order valence-electron chi connectivity index (χ2n) is 3.24. The van der Waals surface area contributed by atoms with E-state index >= 15 is 0 Å². The van der Waals surface area contributed by atoms with Crippen LogP contribution in [-0.2, 0) is 6.54 Å². The first-order valence-corrected chi connectivity index (χ1v) is 4.84. The highest BCUT2D eigenvalue weighted by atomic mass is 15.3. The number of nitrogens with two attached hydrogens (primary N) is 1. The molecule has 0 amide bonds. The average Bonchev–Trinajstić information content (AvgIpc) is 2.87. The fraction of sp³-hybridized carbons (Fsp3) is 0.333. The zero-order chi connectivity index (χ0) is 10.5. The maximum atomic E-state index is 5.18. The zero-order valence-corrected chi connectivity index (χ0v) is 8.37. The van der Waals surface area contributed by atoms with Crippen molar-refractivity contribution in [3.8, 4) is 5.69 Å². The van der Waals surface area contributed by atoms with Crippen LogP contribution in [0.5, 0.6) is 0 Å². The van der Waals surface area contributed by atoms with Crippen molar-refractivity contribution in [2.45, 2.75) is 13.0 Å². The first-order chi connectivity index (χ1) is 7.40. The standard InChI is InChI=1S/C9H14N6/c10-12-2-1-4-15-7-9(6-13-15)14-5-3-11-8-14/h3,5-8,12H,1-2,4,10H2. The molecule has 0 fully saturated rings. The van der Waals surface area contributed by atoms with Crippen molar-refractivity contribution < 1.29 is 0 Å². The molecule has 15 heavy (non-hydrogen) atoms. The van der Waals surface area contributed by atoms with E-state index in [-0.39, 0.29) is 0 Å². The van der Waals surface area contributed by atoms with E-state index < -0.39 is 0 Å². The van der Waals surface area contributed by atoms with Crippen molar-refractivity contribution in [3.63, 3.8) is 0 Å². The van der Waals surface area contributed by atoms with Gasteiger partial charge in [-0.3, -0.25) is 16.0 Å². The number of aryl methyl sites for hydroxylation is 1. The van der Waals surface area contributed by atoms with E-state index in [0.717, 1.165) is 25.2 Å². The predicted octanol–water partition coefficient (Wildman–Crippen LogP) is -0.0778. The molecule has 0 saturated carbocycles. The summed E-state index contributed by atoms with van der Waals surface area (Å²) >= 11 is 0. The zero-order valence-electron chi connectivity index (χ0n) is 8.37. The van der Waals surface area contributed by atoms with Crippen LogP contribution in [0.15, 0.2) is 31.1 Å². The van der Waals surface area contributed by atoms with Crippen molar-refractivity contribution in [1.82, 2.24) is 24.8 Å². The SMILES string of the molecule is NNCCCn1cc(-n2ccnc2)cn1. The smallest absolute Gasteiger partial charge is 0.0992 e. The number of nitrogens with one attached hydrogen (secondary N) is 1. The van der Waals surface area contributed by atoms with Crippen LogP contribution < -0.4 is 11.3 Å². The van der Waals surface area contributed by atoms with Crippen LogP contribution in [0.25, 0.3) is 5.69 Å². The van der Waals surface area contributed by atoms with Gasteiger partial charge in [-0.05, 0) is 6.42 Å². The highest BCUT2D eigenvalue weighted by Gasteiger charge is 1.99. The first-order valence-electron chi connectivity index (χ1n) is 4.84. The van der Waals surface area contributed by atoms with Crippen LogP contribution >= 0.6 is 0 Å². The molecule has 6 nitrogen and oxygen atoms in total. The van der Waals surface area contributed by atoms with Crippen LogP contribution in [0.1, 0.15) is 6.42 Å². The van der Waals surface area contributed by atoms with Crippen LogP contribution in [-0.4, -0.2) is 25.9 Å². The second-order valence-corrected chi connectivity index (χ2v) is 3.24. The maximum Gasteiger partial charge on any atom is 0.0992 e. The summed E-state index contributed by atoms with van der Waals surface area (Å²) in [6, 6.07) is 0. The molecule has 0 unspecified atom stereocenters. The van der Waals surface area contributed by atoms with Crippen molar-refractivity contribution in [2.24, 2.45) is 5.84 Å². The van der Waals surface area contributed by atoms with E-state index in [0.29, 0.717) is 0 Å². The maximum absolute atomic E-state index is 5.18. The van der Waals surface area contributed by atoms with Crippen LogP contribution in [0, 0.1) is 0 Å². The van der Waals surface area contributed by atoms with Crippen molar-refractivity contribution >= 4 is 0 Å². The third kappa shape index (κ3) is 2.42. The summed E-state index contributed by atoms with van der Waals surface area (Å²) in [6.07, 6.45) is 10.2. The van der Waals surface area contributed by atoms with Crippen molar-refractivity contribution in [3.05, 3.63) is 31.1 Å². The lowest BCUT2D eigenvalue weighted by Crippen LogP contribution is -2.23. The first kappa shape index (κ1) is 9.88. The molecule has 3 N–H and O–H groups in total. The summed E-state index contributed by atoms with van der Waals surface area (Å²) in [7, 11) is 0. The third-order valence-corrected chi connectivity index (χ3v) is 2.13. The van der Waals surface area contributed by atoms with E-state index in [9.17, 15) is 0 Å². The monoisotopic (exact) mass is 206 g/mol. The highest BCUT2D eigenvalue weighted by molar-refractivity contribution is 5.24. The fourth-order valence-corrected chi connectivity index (χ4v) is 1.36. The quantitative estimate of drug-likeness (QED) is 0.408. The van der Waals surface area contributed by atoms with Gasteiger partial charge in [-0.2, -0.15) is 5.10 Å². The Morgan fingerprint density at radius 3 is 3.13 bits per heavy atom. The Bertz CT molecular complexity index is 390. The molecule has 0 spiro atoms. The summed E-state index contributed by atoms with van der Waals surface area (Å²) in [5.41, 5.74) is 3.64. The molecule has 0 bridgehead atoms. The number of imidazole rings is 1. The van der Waals surface area contributed by atoms with Gasteiger partial charge in [0.05, 0.1) is 18.2 Å². The number of nitrogens with zero attached hydrogens (tertiary/aromatic N) is 4. The molecule has 0 aliphatic rings. The number of rotatable bonds is 5. The molecular weight excluding hydrogens is 192 g/mol. The molecule has 80 valence electrons. The van der Waals surface area contributed by atoms with Gasteiger partial charge in [-0.15, -0.1) is 0 Å². The molecular formula is C9H14N6. The van der Waals surface area contributed by atoms with Gasteiger partial charge in [-0.25, -0.2) is 4.98 Å². The van der Waals surface area contributed by atoms with E-state index in [1.807, 2.05) is 27.8 Å².